The maximum atomic E-state index is 12.3. The number of carbonyl (C=O) groups excluding carboxylic acids is 1. The molecule has 2 aromatic rings. The highest BCUT2D eigenvalue weighted by molar-refractivity contribution is 5.83. The first-order valence-electron chi connectivity index (χ1n) is 5.90. The van der Waals surface area contributed by atoms with E-state index in [4.69, 9.17) is 0 Å². The van der Waals surface area contributed by atoms with Gasteiger partial charge in [0.25, 0.3) is 5.56 Å². The highest BCUT2D eigenvalue weighted by atomic mass is 16.1. The minimum atomic E-state index is -0.265. The number of anilines is 1. The summed E-state index contributed by atoms with van der Waals surface area (Å²) in [5.74, 6) is 0. The molecule has 5 nitrogen and oxygen atoms in total. The van der Waals surface area contributed by atoms with Crippen molar-refractivity contribution in [3.63, 3.8) is 0 Å². The summed E-state index contributed by atoms with van der Waals surface area (Å²) >= 11 is 0. The van der Waals surface area contributed by atoms with Crippen molar-refractivity contribution in [2.24, 2.45) is 0 Å². The maximum absolute atomic E-state index is 12.3. The fourth-order valence-electron chi connectivity index (χ4n) is 1.90. The van der Waals surface area contributed by atoms with E-state index in [-0.39, 0.29) is 5.56 Å². The van der Waals surface area contributed by atoms with Gasteiger partial charge in [-0.1, -0.05) is 30.3 Å². The lowest BCUT2D eigenvalue weighted by Crippen LogP contribution is -2.30. The van der Waals surface area contributed by atoms with Gasteiger partial charge in [-0.3, -0.25) is 9.59 Å². The number of aromatic nitrogens is 2. The van der Waals surface area contributed by atoms with Gasteiger partial charge in [-0.25, -0.2) is 4.68 Å². The number of benzene rings is 1. The molecule has 5 heteroatoms. The van der Waals surface area contributed by atoms with Crippen molar-refractivity contribution in [2.75, 3.05) is 19.0 Å². The number of rotatable bonds is 4. The number of carbonyl (C=O) groups is 1. The maximum Gasteiger partial charge on any atom is 0.291 e. The second-order valence-corrected chi connectivity index (χ2v) is 4.41. The van der Waals surface area contributed by atoms with Crippen molar-refractivity contribution in [1.82, 2.24) is 9.78 Å². The van der Waals surface area contributed by atoms with E-state index in [1.807, 2.05) is 30.3 Å². The number of nitrogens with zero attached hydrogens (tertiary/aromatic N) is 3. The van der Waals surface area contributed by atoms with Gasteiger partial charge >= 0.3 is 0 Å². The average Bonchev–Trinajstić information content (AvgIpc) is 2.41. The molecule has 98 valence electrons. The summed E-state index contributed by atoms with van der Waals surface area (Å²) in [6.07, 6.45) is 2.07. The smallest absolute Gasteiger partial charge is 0.291 e. The number of hydrogen-bond acceptors (Lipinski definition) is 4. The molecule has 0 aliphatic heterocycles. The van der Waals surface area contributed by atoms with Gasteiger partial charge in [0.05, 0.1) is 18.3 Å². The first-order chi connectivity index (χ1) is 9.13. The molecule has 0 aliphatic rings. The van der Waals surface area contributed by atoms with Crippen LogP contribution in [0.2, 0.25) is 0 Å². The predicted molar refractivity (Wildman–Crippen MR) is 73.8 cm³/mol. The molecule has 0 amide bonds. The molecule has 0 N–H and O–H groups in total. The van der Waals surface area contributed by atoms with Crippen LogP contribution < -0.4 is 10.5 Å². The molecule has 2 rings (SSSR count). The van der Waals surface area contributed by atoms with Gasteiger partial charge in [-0.15, -0.1) is 0 Å². The summed E-state index contributed by atoms with van der Waals surface area (Å²) in [7, 11) is 3.47. The summed E-state index contributed by atoms with van der Waals surface area (Å²) in [4.78, 5) is 24.9. The normalized spacial score (nSPS) is 10.2. The Kier molecular flexibility index (Phi) is 3.75. The Labute approximate surface area is 111 Å². The Morgan fingerprint density at radius 1 is 1.26 bits per heavy atom. The molecule has 19 heavy (non-hydrogen) atoms. The van der Waals surface area contributed by atoms with E-state index in [2.05, 4.69) is 5.10 Å². The lowest BCUT2D eigenvalue weighted by molar-refractivity contribution is 0.112. The van der Waals surface area contributed by atoms with Gasteiger partial charge in [0.2, 0.25) is 0 Å². The monoisotopic (exact) mass is 257 g/mol. The molecule has 0 saturated carbocycles. The fraction of sp³-hybridized carbons (Fsp3) is 0.214. The molecule has 0 radical (unpaired) electrons. The second kappa shape index (κ2) is 5.48. The zero-order chi connectivity index (χ0) is 13.8. The SMILES string of the molecule is CN(C)c1c(C=O)cnn(Cc2ccccc2)c1=O. The molecule has 0 aliphatic carbocycles. The fourth-order valence-corrected chi connectivity index (χ4v) is 1.90. The van der Waals surface area contributed by atoms with Gasteiger partial charge in [0.1, 0.15) is 5.69 Å². The van der Waals surface area contributed by atoms with Crippen molar-refractivity contribution < 1.29 is 4.79 Å². The van der Waals surface area contributed by atoms with E-state index in [1.165, 1.54) is 10.9 Å². The van der Waals surface area contributed by atoms with Gasteiger partial charge in [-0.2, -0.15) is 5.10 Å². The van der Waals surface area contributed by atoms with Crippen molar-refractivity contribution >= 4 is 12.0 Å². The summed E-state index contributed by atoms with van der Waals surface area (Å²) in [5, 5.41) is 4.03. The second-order valence-electron chi connectivity index (χ2n) is 4.41. The van der Waals surface area contributed by atoms with Crippen LogP contribution in [-0.2, 0) is 6.54 Å². The third-order valence-electron chi connectivity index (χ3n) is 2.80. The Balaban J connectivity index is 2.46. The highest BCUT2D eigenvalue weighted by Gasteiger charge is 2.12. The van der Waals surface area contributed by atoms with Crippen LogP contribution in [0, 0.1) is 0 Å². The Bertz CT molecular complexity index is 633. The molecule has 0 fully saturated rings. The number of aldehydes is 1. The van der Waals surface area contributed by atoms with E-state index in [0.29, 0.717) is 24.1 Å². The first-order valence-corrected chi connectivity index (χ1v) is 5.90. The van der Waals surface area contributed by atoms with Gasteiger partial charge in [-0.05, 0) is 5.56 Å². The van der Waals surface area contributed by atoms with Crippen LogP contribution in [-0.4, -0.2) is 30.2 Å². The molecule has 0 saturated heterocycles. The van der Waals surface area contributed by atoms with Crippen LogP contribution in [0.5, 0.6) is 0 Å². The van der Waals surface area contributed by atoms with Crippen molar-refractivity contribution in [1.29, 1.82) is 0 Å². The minimum absolute atomic E-state index is 0.265. The molecular formula is C14H15N3O2. The van der Waals surface area contributed by atoms with Crippen LogP contribution in [0.4, 0.5) is 5.69 Å². The largest absolute Gasteiger partial charge is 0.373 e. The molecule has 1 aromatic heterocycles. The van der Waals surface area contributed by atoms with E-state index < -0.39 is 0 Å². The van der Waals surface area contributed by atoms with Crippen LogP contribution in [0.1, 0.15) is 15.9 Å². The Morgan fingerprint density at radius 3 is 2.53 bits per heavy atom. The third-order valence-corrected chi connectivity index (χ3v) is 2.80. The zero-order valence-corrected chi connectivity index (χ0v) is 10.9. The van der Waals surface area contributed by atoms with Gasteiger partial charge < -0.3 is 4.90 Å². The molecular weight excluding hydrogens is 242 g/mol. The summed E-state index contributed by atoms with van der Waals surface area (Å²) in [5.41, 5.74) is 1.39. The molecule has 0 spiro atoms. The lowest BCUT2D eigenvalue weighted by atomic mass is 10.2. The minimum Gasteiger partial charge on any atom is -0.373 e. The van der Waals surface area contributed by atoms with Gasteiger partial charge in [0.15, 0.2) is 6.29 Å². The molecule has 0 unspecified atom stereocenters. The Hall–Kier alpha value is -2.43. The molecule has 1 aromatic carbocycles. The number of hydrogen-bond donors (Lipinski definition) is 0. The average molecular weight is 257 g/mol. The summed E-state index contributed by atoms with van der Waals surface area (Å²) in [6.45, 7) is 0.389. The quantitative estimate of drug-likeness (QED) is 0.771. The molecule has 0 bridgehead atoms. The van der Waals surface area contributed by atoms with Crippen molar-refractivity contribution in [2.45, 2.75) is 6.54 Å². The standard InChI is InChI=1S/C14H15N3O2/c1-16(2)13-12(10-18)8-15-17(14(13)19)9-11-6-4-3-5-7-11/h3-8,10H,9H2,1-2H3. The lowest BCUT2D eigenvalue weighted by Gasteiger charge is -2.15. The van der Waals surface area contributed by atoms with Crippen LogP contribution >= 0.6 is 0 Å². The van der Waals surface area contributed by atoms with Crippen LogP contribution in [0.15, 0.2) is 41.3 Å². The van der Waals surface area contributed by atoms with E-state index in [0.717, 1.165) is 5.56 Å². The summed E-state index contributed by atoms with van der Waals surface area (Å²) < 4.78 is 1.36. The third kappa shape index (κ3) is 2.70. The molecule has 1 heterocycles. The van der Waals surface area contributed by atoms with Crippen LogP contribution in [0.25, 0.3) is 0 Å². The Morgan fingerprint density at radius 2 is 1.95 bits per heavy atom. The van der Waals surface area contributed by atoms with E-state index >= 15 is 0 Å². The first kappa shape index (κ1) is 13.0. The van der Waals surface area contributed by atoms with E-state index in [1.54, 1.807) is 19.0 Å². The zero-order valence-electron chi connectivity index (χ0n) is 10.9. The van der Waals surface area contributed by atoms with Crippen LogP contribution in [0.3, 0.4) is 0 Å². The summed E-state index contributed by atoms with van der Waals surface area (Å²) in [6, 6.07) is 9.59. The highest BCUT2D eigenvalue weighted by Crippen LogP contribution is 2.09. The topological polar surface area (TPSA) is 55.2 Å². The van der Waals surface area contributed by atoms with E-state index in [9.17, 15) is 9.59 Å². The van der Waals surface area contributed by atoms with Crippen molar-refractivity contribution in [3.8, 4) is 0 Å². The molecule has 0 atom stereocenters. The van der Waals surface area contributed by atoms with Crippen molar-refractivity contribution in [3.05, 3.63) is 58.0 Å². The van der Waals surface area contributed by atoms with Gasteiger partial charge in [0, 0.05) is 14.1 Å². The predicted octanol–water partition coefficient (Wildman–Crippen LogP) is 1.17.